The summed E-state index contributed by atoms with van der Waals surface area (Å²) in [5.41, 5.74) is -1.13. The van der Waals surface area contributed by atoms with Gasteiger partial charge in [0.25, 0.3) is 5.91 Å². The fourth-order valence-corrected chi connectivity index (χ4v) is 5.08. The molecule has 1 fully saturated rings. The van der Waals surface area contributed by atoms with Crippen molar-refractivity contribution in [3.05, 3.63) is 24.8 Å². The maximum atomic E-state index is 12.3. The third-order valence-electron chi connectivity index (χ3n) is 3.06. The summed E-state index contributed by atoms with van der Waals surface area (Å²) in [6.07, 6.45) is 0.389. The number of phenols is 1. The predicted octanol–water partition coefficient (Wildman–Crippen LogP) is 2.29. The first-order chi connectivity index (χ1) is 9.35. The summed E-state index contributed by atoms with van der Waals surface area (Å²) in [4.78, 5) is 23.7. The fourth-order valence-electron chi connectivity index (χ4n) is 1.91. The van der Waals surface area contributed by atoms with Crippen LogP contribution in [-0.4, -0.2) is 39.1 Å². The minimum Gasteiger partial charge on any atom is -0.506 e. The van der Waals surface area contributed by atoms with E-state index in [4.69, 9.17) is 0 Å². The lowest BCUT2D eigenvalue weighted by Gasteiger charge is -2.24. The monoisotopic (exact) mass is 519 g/mol. The van der Waals surface area contributed by atoms with Crippen LogP contribution in [0.25, 0.3) is 0 Å². The van der Waals surface area contributed by atoms with Crippen LogP contribution in [0.2, 0.25) is 0 Å². The van der Waals surface area contributed by atoms with Crippen LogP contribution in [0.15, 0.2) is 12.1 Å². The minimum atomic E-state index is -1.24. The smallest absolute Gasteiger partial charge is 0.330 e. The van der Waals surface area contributed by atoms with Gasteiger partial charge >= 0.3 is 5.97 Å². The largest absolute Gasteiger partial charge is 0.506 e. The van der Waals surface area contributed by atoms with Crippen molar-refractivity contribution in [1.29, 1.82) is 0 Å². The number of aromatic hydroxyl groups is 1. The van der Waals surface area contributed by atoms with E-state index in [0.29, 0.717) is 21.5 Å². The zero-order valence-electron chi connectivity index (χ0n) is 10.2. The van der Waals surface area contributed by atoms with Gasteiger partial charge in [0.15, 0.2) is 0 Å². The van der Waals surface area contributed by atoms with Crippen LogP contribution < -0.4 is 5.32 Å². The summed E-state index contributed by atoms with van der Waals surface area (Å²) in [5, 5.41) is 21.9. The average molecular weight is 519 g/mol. The first kappa shape index (κ1) is 16.1. The van der Waals surface area contributed by atoms with Crippen molar-refractivity contribution in [1.82, 2.24) is 5.32 Å². The number of thioether (sulfide) groups is 1. The Kier molecular flexibility index (Phi) is 5.05. The van der Waals surface area contributed by atoms with Gasteiger partial charge in [-0.15, -0.1) is 0 Å². The van der Waals surface area contributed by atoms with Crippen LogP contribution in [0.5, 0.6) is 5.75 Å². The molecule has 1 aliphatic heterocycles. The second-order valence-electron chi connectivity index (χ2n) is 4.43. The van der Waals surface area contributed by atoms with Gasteiger partial charge in [0.05, 0.1) is 9.13 Å². The van der Waals surface area contributed by atoms with Crippen molar-refractivity contribution >= 4 is 68.8 Å². The molecule has 8 heteroatoms. The first-order valence-electron chi connectivity index (χ1n) is 5.67. The summed E-state index contributed by atoms with van der Waals surface area (Å²) < 4.78 is 1.37. The second-order valence-corrected chi connectivity index (χ2v) is 7.94. The van der Waals surface area contributed by atoms with Gasteiger partial charge in [-0.05, 0) is 69.5 Å². The highest BCUT2D eigenvalue weighted by Gasteiger charge is 2.43. The number of nitrogens with one attached hydrogen (secondary N) is 1. The molecule has 1 aliphatic rings. The summed E-state index contributed by atoms with van der Waals surface area (Å²) in [6, 6.07) is 3.29. The Morgan fingerprint density at radius 1 is 1.35 bits per heavy atom. The van der Waals surface area contributed by atoms with Crippen molar-refractivity contribution in [2.75, 3.05) is 11.5 Å². The van der Waals surface area contributed by atoms with E-state index in [1.165, 1.54) is 11.8 Å². The highest BCUT2D eigenvalue weighted by molar-refractivity contribution is 14.1. The van der Waals surface area contributed by atoms with Crippen molar-refractivity contribution in [3.63, 3.8) is 0 Å². The van der Waals surface area contributed by atoms with E-state index in [0.717, 1.165) is 3.57 Å². The van der Waals surface area contributed by atoms with Crippen LogP contribution in [0, 0.1) is 7.14 Å². The van der Waals surface area contributed by atoms with Crippen LogP contribution in [0.3, 0.4) is 0 Å². The van der Waals surface area contributed by atoms with Gasteiger partial charge < -0.3 is 15.5 Å². The quantitative estimate of drug-likeness (QED) is 0.534. The molecule has 1 unspecified atom stereocenters. The topological polar surface area (TPSA) is 86.6 Å². The normalized spacial score (nSPS) is 21.7. The molecule has 1 aromatic rings. The molecule has 2 rings (SSSR count). The van der Waals surface area contributed by atoms with Gasteiger partial charge in [0, 0.05) is 9.32 Å². The number of halogens is 2. The zero-order valence-corrected chi connectivity index (χ0v) is 15.3. The van der Waals surface area contributed by atoms with Crippen molar-refractivity contribution in [2.45, 2.75) is 12.0 Å². The highest BCUT2D eigenvalue weighted by Crippen LogP contribution is 2.31. The molecule has 1 amide bonds. The lowest BCUT2D eigenvalue weighted by molar-refractivity contribution is -0.143. The van der Waals surface area contributed by atoms with Gasteiger partial charge in [-0.25, -0.2) is 4.79 Å². The molecule has 0 saturated carbocycles. The molecule has 1 saturated heterocycles. The Labute approximate surface area is 147 Å². The number of hydrogen-bond donors (Lipinski definition) is 3. The number of rotatable bonds is 3. The number of hydrogen-bond acceptors (Lipinski definition) is 4. The van der Waals surface area contributed by atoms with Crippen molar-refractivity contribution in [3.8, 4) is 5.75 Å². The van der Waals surface area contributed by atoms with E-state index >= 15 is 0 Å². The lowest BCUT2D eigenvalue weighted by Crippen LogP contribution is -2.54. The zero-order chi connectivity index (χ0) is 14.9. The van der Waals surface area contributed by atoms with E-state index in [2.05, 4.69) is 5.32 Å². The average Bonchev–Trinajstić information content (AvgIpc) is 2.83. The maximum absolute atomic E-state index is 12.3. The van der Waals surface area contributed by atoms with E-state index < -0.39 is 17.4 Å². The second kappa shape index (κ2) is 6.26. The molecule has 5 nitrogen and oxygen atoms in total. The molecule has 0 radical (unpaired) electrons. The minimum absolute atomic E-state index is 0.110. The van der Waals surface area contributed by atoms with Gasteiger partial charge in [-0.2, -0.15) is 11.8 Å². The molecule has 0 aliphatic carbocycles. The summed E-state index contributed by atoms with van der Waals surface area (Å²) in [7, 11) is 0. The predicted molar refractivity (Wildman–Crippen MR) is 93.3 cm³/mol. The third-order valence-corrected chi connectivity index (χ3v) is 5.69. The number of carbonyl (C=O) groups excluding carboxylic acids is 1. The SMILES string of the molecule is O=C(NC1(C(=O)O)CCSC1)c1cc(I)cc(I)c1O. The molecular weight excluding hydrogens is 508 g/mol. The van der Waals surface area contributed by atoms with Crippen molar-refractivity contribution in [2.24, 2.45) is 0 Å². The number of carboxylic acid groups (broad SMARTS) is 1. The summed E-state index contributed by atoms with van der Waals surface area (Å²) in [5.74, 6) is -0.660. The summed E-state index contributed by atoms with van der Waals surface area (Å²) in [6.45, 7) is 0. The first-order valence-corrected chi connectivity index (χ1v) is 8.98. The molecule has 1 heterocycles. The number of benzene rings is 1. The van der Waals surface area contributed by atoms with Gasteiger partial charge in [-0.1, -0.05) is 0 Å². The molecule has 0 spiro atoms. The Hall–Kier alpha value is -0.230. The van der Waals surface area contributed by atoms with E-state index in [-0.39, 0.29) is 11.3 Å². The van der Waals surface area contributed by atoms with Crippen LogP contribution >= 0.6 is 56.9 Å². The van der Waals surface area contributed by atoms with E-state index in [9.17, 15) is 19.8 Å². The fraction of sp³-hybridized carbons (Fsp3) is 0.333. The number of carboxylic acids is 1. The molecule has 1 aromatic carbocycles. The van der Waals surface area contributed by atoms with Gasteiger partial charge in [0.2, 0.25) is 0 Å². The van der Waals surface area contributed by atoms with E-state index in [1.807, 2.05) is 45.2 Å². The Morgan fingerprint density at radius 3 is 2.60 bits per heavy atom. The van der Waals surface area contributed by atoms with Gasteiger partial charge in [0.1, 0.15) is 11.3 Å². The number of carbonyl (C=O) groups is 2. The van der Waals surface area contributed by atoms with Crippen LogP contribution in [-0.2, 0) is 4.79 Å². The number of phenolic OH excluding ortho intramolecular Hbond substituents is 1. The van der Waals surface area contributed by atoms with Crippen LogP contribution in [0.1, 0.15) is 16.8 Å². The van der Waals surface area contributed by atoms with Gasteiger partial charge in [-0.3, -0.25) is 4.79 Å². The Bertz CT molecular complexity index is 573. The molecule has 0 bridgehead atoms. The molecular formula is C12H11I2NO4S. The number of amides is 1. The van der Waals surface area contributed by atoms with E-state index in [1.54, 1.807) is 12.1 Å². The molecule has 1 atom stereocenters. The highest BCUT2D eigenvalue weighted by atomic mass is 127. The molecule has 3 N–H and O–H groups in total. The summed E-state index contributed by atoms with van der Waals surface area (Å²) >= 11 is 5.48. The third kappa shape index (κ3) is 3.16. The van der Waals surface area contributed by atoms with Crippen LogP contribution in [0.4, 0.5) is 0 Å². The Balaban J connectivity index is 2.30. The lowest BCUT2D eigenvalue weighted by atomic mass is 9.98. The maximum Gasteiger partial charge on any atom is 0.330 e. The Morgan fingerprint density at radius 2 is 2.05 bits per heavy atom. The standard InChI is InChI=1S/C12H11I2NO4S/c13-6-3-7(9(16)8(14)4-6)10(17)15-12(11(18)19)1-2-20-5-12/h3-4,16H,1-2,5H2,(H,15,17)(H,18,19). The number of aliphatic carboxylic acids is 1. The molecule has 108 valence electrons. The molecule has 0 aromatic heterocycles. The van der Waals surface area contributed by atoms with Crippen molar-refractivity contribution < 1.29 is 19.8 Å². The molecule has 20 heavy (non-hydrogen) atoms.